The van der Waals surface area contributed by atoms with Crippen molar-refractivity contribution in [1.82, 2.24) is 47.4 Å². The lowest BCUT2D eigenvalue weighted by Gasteiger charge is -2.47. The third kappa shape index (κ3) is 22.3. The smallest absolute Gasteiger partial charge is 0.508 e. The second-order valence-corrected chi connectivity index (χ2v) is 34.4. The SMILES string of the molecule is CN[C@H](CC(C)C)C(=O)NC1C(=O)N[C@@H](CC(N)=O)C(=O)N[C@H]2C(=O)N[C@H]3C(=O)N[C@H](C(=O)N[C@@H](C(=O)O)c4cc(O)cc(O)c4-c4cc3ccc4O)[C@H](O[C@H]3C[C@](C)(N)[C@@H](O)[C@H](C)O3)c3ccc(c(Cl)c3)Oc3cc2cc(c3O[C@@H]2O[C@H](CO)[C@@H](O[C@@H]3O[C@H](CN4CCC(NC(=O)Nc5ccc(OC(F)(F)F)cc5)CC4)[C@H](O)[C@H](O)[C@H]3O)[C@H](O)[C@H]2O)Oc2ccc(cc2Cl)[C@H]1O. The number of nitrogens with one attached hydrogen (secondary N) is 9. The molecule has 9 aliphatic rings. The number of carbonyl (C=O) groups excluding carboxylic acids is 8. The van der Waals surface area contributed by atoms with Crippen LogP contribution in [0.2, 0.25) is 10.0 Å². The van der Waals surface area contributed by atoms with E-state index in [0.717, 1.165) is 78.9 Å². The molecule has 23 atom stereocenters. The summed E-state index contributed by atoms with van der Waals surface area (Å²) in [4.78, 5) is 135. The number of benzene rings is 6. The first-order valence-electron chi connectivity index (χ1n) is 41.6. The number of carbonyl (C=O) groups is 9. The molecule has 11 bridgehead atoms. The van der Waals surface area contributed by atoms with Crippen molar-refractivity contribution in [2.45, 2.75) is 212 Å². The van der Waals surface area contributed by atoms with Crippen molar-refractivity contribution in [2.24, 2.45) is 17.4 Å². The Bertz CT molecular complexity index is 5320. The highest BCUT2D eigenvalue weighted by Gasteiger charge is 2.54. The number of urea groups is 1. The number of fused-ring (bicyclic) bond motifs is 15. The first kappa shape index (κ1) is 98.2. The number of ether oxygens (including phenoxy) is 9. The number of aromatic hydroxyl groups is 3. The van der Waals surface area contributed by atoms with E-state index >= 15 is 24.0 Å². The molecule has 47 heteroatoms. The van der Waals surface area contributed by atoms with Gasteiger partial charge in [0.2, 0.25) is 53.4 Å². The number of carboxylic acid groups (broad SMARTS) is 1. The van der Waals surface area contributed by atoms with Gasteiger partial charge in [-0.2, -0.15) is 0 Å². The number of piperidine rings is 1. The van der Waals surface area contributed by atoms with E-state index in [9.17, 15) is 93.6 Å². The zero-order valence-corrected chi connectivity index (χ0v) is 72.3. The van der Waals surface area contributed by atoms with Gasteiger partial charge in [-0.1, -0.05) is 55.2 Å². The van der Waals surface area contributed by atoms with Crippen LogP contribution in [-0.2, 0) is 62.0 Å². The maximum absolute atomic E-state index is 16.5. The van der Waals surface area contributed by atoms with Gasteiger partial charge in [-0.15, -0.1) is 13.2 Å². The molecule has 9 heterocycles. The average molecular weight is 1900 g/mol. The number of primary amides is 1. The summed E-state index contributed by atoms with van der Waals surface area (Å²) in [6.07, 6.45) is -34.3. The van der Waals surface area contributed by atoms with Crippen molar-refractivity contribution >= 4 is 82.2 Å². The fourth-order valence-corrected chi connectivity index (χ4v) is 17.0. The fourth-order valence-electron chi connectivity index (χ4n) is 16.6. The van der Waals surface area contributed by atoms with Crippen LogP contribution in [0.5, 0.6) is 51.7 Å². The van der Waals surface area contributed by atoms with Crippen LogP contribution in [0.1, 0.15) is 118 Å². The molecule has 0 aliphatic carbocycles. The van der Waals surface area contributed by atoms with E-state index in [1.165, 1.54) is 45.2 Å². The molecule has 15 rings (SSSR count). The highest BCUT2D eigenvalue weighted by Crippen LogP contribution is 2.51. The second-order valence-electron chi connectivity index (χ2n) is 33.6. The molecular weight excluding hydrogens is 1800 g/mol. The Morgan fingerprint density at radius 1 is 0.667 bits per heavy atom. The number of likely N-dealkylation sites (tertiary alicyclic amines) is 1. The molecule has 9 amide bonds. The molecular formula is C85H99Cl2F3N12O30. The third-order valence-corrected chi connectivity index (χ3v) is 24.0. The summed E-state index contributed by atoms with van der Waals surface area (Å²) in [5.74, 6) is -17.6. The van der Waals surface area contributed by atoms with E-state index < -0.39 is 308 Å². The molecule has 1 unspecified atom stereocenters. The van der Waals surface area contributed by atoms with Gasteiger partial charge in [0.25, 0.3) is 0 Å². The number of alkyl halides is 3. The van der Waals surface area contributed by atoms with E-state index in [-0.39, 0.29) is 55.2 Å². The lowest BCUT2D eigenvalue weighted by Crippen LogP contribution is -2.65. The Labute approximate surface area is 758 Å². The zero-order chi connectivity index (χ0) is 95.7. The van der Waals surface area contributed by atoms with Crippen molar-refractivity contribution in [3.63, 3.8) is 0 Å². The highest BCUT2D eigenvalue weighted by molar-refractivity contribution is 6.32. The Kier molecular flexibility index (Phi) is 30.2. The predicted molar refractivity (Wildman–Crippen MR) is 450 cm³/mol. The minimum Gasteiger partial charge on any atom is -0.508 e. The van der Waals surface area contributed by atoms with Crippen LogP contribution in [0.3, 0.4) is 0 Å². The molecule has 6 aromatic rings. The zero-order valence-electron chi connectivity index (χ0n) is 70.7. The van der Waals surface area contributed by atoms with Crippen molar-refractivity contribution in [3.8, 4) is 62.9 Å². The number of likely N-dealkylation sites (N-methyl/N-ethyl adjacent to an activating group) is 1. The summed E-state index contributed by atoms with van der Waals surface area (Å²) in [5.41, 5.74) is 7.96. The first-order chi connectivity index (χ1) is 62.3. The Hall–Kier alpha value is -11.3. The molecule has 4 fully saturated rings. The first-order valence-corrected chi connectivity index (χ1v) is 42.4. The lowest BCUT2D eigenvalue weighted by atomic mass is 9.86. The largest absolute Gasteiger partial charge is 0.573 e. The van der Waals surface area contributed by atoms with E-state index in [1.807, 2.05) is 0 Å². The van der Waals surface area contributed by atoms with Crippen LogP contribution in [0.25, 0.3) is 11.1 Å². The van der Waals surface area contributed by atoms with Crippen molar-refractivity contribution in [1.29, 1.82) is 0 Å². The van der Waals surface area contributed by atoms with E-state index in [4.69, 9.17) is 72.6 Å². The molecule has 6 aromatic carbocycles. The van der Waals surface area contributed by atoms with Crippen LogP contribution in [0.4, 0.5) is 23.7 Å². The number of hydrogen-bond acceptors (Lipinski definition) is 32. The molecule has 42 nitrogen and oxygen atoms in total. The predicted octanol–water partition coefficient (Wildman–Crippen LogP) is 1.12. The van der Waals surface area contributed by atoms with Crippen LogP contribution in [-0.4, -0.2) is 275 Å². The Morgan fingerprint density at radius 3 is 1.89 bits per heavy atom. The minimum atomic E-state index is -4.94. The topological polar surface area (TPSA) is 643 Å². The van der Waals surface area contributed by atoms with Gasteiger partial charge in [-0.05, 0) is 147 Å². The highest BCUT2D eigenvalue weighted by atomic mass is 35.5. The molecule has 0 radical (unpaired) electrons. The van der Waals surface area contributed by atoms with E-state index in [2.05, 4.69) is 52.6 Å². The van der Waals surface area contributed by atoms with Gasteiger partial charge in [0, 0.05) is 66.1 Å². The minimum absolute atomic E-state index is 0.148. The number of aliphatic hydroxyl groups excluding tert-OH is 8. The van der Waals surface area contributed by atoms with Gasteiger partial charge < -0.3 is 168 Å². The summed E-state index contributed by atoms with van der Waals surface area (Å²) < 4.78 is 93.4. The summed E-state index contributed by atoms with van der Waals surface area (Å²) in [6.45, 7) is 5.61. The maximum atomic E-state index is 16.5. The molecule has 132 heavy (non-hydrogen) atoms. The van der Waals surface area contributed by atoms with Crippen LogP contribution < -0.4 is 78.3 Å². The normalized spacial score (nSPS) is 29.8. The Morgan fingerprint density at radius 2 is 1.28 bits per heavy atom. The number of anilines is 1. The summed E-state index contributed by atoms with van der Waals surface area (Å²) in [7, 11) is 1.45. The number of nitrogens with two attached hydrogens (primary N) is 2. The Balaban J connectivity index is 0.921. The number of phenols is 3. The number of phenolic OH excluding ortho intramolecular Hbond substituents is 3. The lowest BCUT2D eigenvalue weighted by molar-refractivity contribution is -0.351. The number of carboxylic acids is 1. The molecule has 4 saturated heterocycles. The number of amides is 9. The maximum Gasteiger partial charge on any atom is 0.573 e. The molecule has 25 N–H and O–H groups in total. The van der Waals surface area contributed by atoms with Crippen LogP contribution >= 0.6 is 23.2 Å². The number of halogens is 5. The van der Waals surface area contributed by atoms with Gasteiger partial charge >= 0.3 is 18.4 Å². The second kappa shape index (κ2) is 40.6. The van der Waals surface area contributed by atoms with Crippen LogP contribution in [0, 0.1) is 5.92 Å². The monoisotopic (exact) mass is 1890 g/mol. The van der Waals surface area contributed by atoms with Gasteiger partial charge in [0.15, 0.2) is 30.1 Å². The number of hydrogen-bond donors (Lipinski definition) is 23. The molecule has 0 saturated carbocycles. The van der Waals surface area contributed by atoms with Crippen molar-refractivity contribution < 1.29 is 160 Å². The van der Waals surface area contributed by atoms with E-state index in [0.29, 0.717) is 12.8 Å². The van der Waals surface area contributed by atoms with Gasteiger partial charge in [-0.3, -0.25) is 33.6 Å². The molecule has 0 aromatic heterocycles. The fraction of sp³-hybridized carbons (Fsp3) is 0.471. The number of aliphatic carboxylic acids is 1. The van der Waals surface area contributed by atoms with E-state index in [1.54, 1.807) is 18.7 Å². The summed E-state index contributed by atoms with van der Waals surface area (Å²) in [6, 6.07) is 1.83. The van der Waals surface area contributed by atoms with Crippen molar-refractivity contribution in [2.75, 3.05) is 38.6 Å². The standard InChI is InChI=1S/C85H99Cl2F3N12O30/c1-32(2)20-46(93-5)74(115)100-62-64(108)35-7-14-50(44(86)22-35)125-52-24-37-25-53(71(52)130-82-69(113)67(111)72(55(31-103)128-82)131-81-68(112)66(110)65(109)54(127-81)30-102-18-16-39(17-19-102)95-83(123)94-38-9-11-41(12-10-38)132-85(88,89)90)126-51-15-8-36(23-45(51)87)70(129-57-29-84(4,92)73(114)33(3)124-57)63-79(120)99-61(80(121)122)43-26-40(104)27-49(106)58(43)42-21-34(6-13-48(42)105)59(76(117)101-63)98-77(118)60(37)97-75(116)47(28-56(91)107)96-78(62)119/h6-15,21-27,32-33,39,46-47,54-55,57,59-70,72-73,81-82,93,103-106,108-114H,16-20,28-31,92H2,1-5H3,(H2,91,107)(H,96,119)(H,97,116)(H,98,118)(H,99,120)(H,100,115)(H,101,117)(H,121,122)(H2,94,95,123)/t33-,46+,47-,54+,55+,57-,59+,60+,61+,62?,63-,64+,65-,66-,67+,68+,69+,70+,72+,73-,81-,82-,84-/m0/s1. The molecule has 9 aliphatic heterocycles. The molecule has 0 spiro atoms. The molecule has 714 valence electrons. The van der Waals surface area contributed by atoms with Gasteiger partial charge in [0.1, 0.15) is 126 Å². The third-order valence-electron chi connectivity index (χ3n) is 23.4. The summed E-state index contributed by atoms with van der Waals surface area (Å²) >= 11 is 14.5. The number of rotatable bonds is 20. The number of aliphatic hydroxyl groups is 8. The number of nitrogens with zero attached hydrogens (tertiary/aromatic N) is 1. The van der Waals surface area contributed by atoms with Gasteiger partial charge in [0.05, 0.1) is 41.3 Å². The summed E-state index contributed by atoms with van der Waals surface area (Å²) in [5, 5.41) is 162. The quantitative estimate of drug-likeness (QED) is 0.0509. The van der Waals surface area contributed by atoms with Crippen LogP contribution in [0.15, 0.2) is 103 Å². The average Bonchev–Trinajstić information content (AvgIpc) is 0.719. The van der Waals surface area contributed by atoms with Gasteiger partial charge in [-0.25, -0.2) is 9.59 Å². The van der Waals surface area contributed by atoms with Crippen molar-refractivity contribution in [3.05, 3.63) is 141 Å².